The summed E-state index contributed by atoms with van der Waals surface area (Å²) in [5, 5.41) is 3.77. The summed E-state index contributed by atoms with van der Waals surface area (Å²) in [6, 6.07) is 12.2. The molecule has 0 aliphatic carbocycles. The van der Waals surface area contributed by atoms with E-state index in [2.05, 4.69) is 5.32 Å². The number of hydrogen-bond acceptors (Lipinski definition) is 4. The molecule has 0 unspecified atom stereocenters. The van der Waals surface area contributed by atoms with Gasteiger partial charge in [0, 0.05) is 23.1 Å². The monoisotopic (exact) mass is 499 g/mol. The Hall–Kier alpha value is -2.29. The average Bonchev–Trinajstić information content (AvgIpc) is 2.74. The molecule has 10 heteroatoms. The minimum atomic E-state index is -3.77. The van der Waals surface area contributed by atoms with Crippen LogP contribution in [-0.2, 0) is 26.2 Å². The van der Waals surface area contributed by atoms with Gasteiger partial charge in [0.15, 0.2) is 0 Å². The van der Waals surface area contributed by atoms with Gasteiger partial charge in [-0.05, 0) is 55.3 Å². The lowest BCUT2D eigenvalue weighted by molar-refractivity contribution is -0.139. The van der Waals surface area contributed by atoms with E-state index >= 15 is 0 Å². The number of carbonyl (C=O) groups excluding carboxylic acids is 2. The maximum atomic E-state index is 13.3. The maximum Gasteiger partial charge on any atom is 0.244 e. The molecule has 0 saturated carbocycles. The molecular formula is C22H27Cl2N3O4S. The van der Waals surface area contributed by atoms with E-state index in [0.29, 0.717) is 22.3 Å². The van der Waals surface area contributed by atoms with Gasteiger partial charge in [0.25, 0.3) is 0 Å². The standard InChI is InChI=1S/C22H27Cl2N3O4S/c1-4-13-25-22(29)16(2)26(14-17-5-7-18(23)8-6-17)21(28)15-27(32(3,30)31)20-11-9-19(24)10-12-20/h5-12,16H,4,13-15H2,1-3H3,(H,25,29)/t16-/m1/s1. The summed E-state index contributed by atoms with van der Waals surface area (Å²) in [5.41, 5.74) is 1.06. The van der Waals surface area contributed by atoms with Crippen molar-refractivity contribution in [1.29, 1.82) is 0 Å². The van der Waals surface area contributed by atoms with Crippen LogP contribution >= 0.6 is 23.2 Å². The Morgan fingerprint density at radius 1 is 1.00 bits per heavy atom. The van der Waals surface area contributed by atoms with E-state index in [0.717, 1.165) is 22.5 Å². The first-order valence-corrected chi connectivity index (χ1v) is 12.7. The minimum absolute atomic E-state index is 0.120. The van der Waals surface area contributed by atoms with Gasteiger partial charge in [0.2, 0.25) is 21.8 Å². The lowest BCUT2D eigenvalue weighted by atomic mass is 10.1. The van der Waals surface area contributed by atoms with Crippen molar-refractivity contribution < 1.29 is 18.0 Å². The van der Waals surface area contributed by atoms with E-state index in [9.17, 15) is 18.0 Å². The smallest absolute Gasteiger partial charge is 0.244 e. The predicted molar refractivity (Wildman–Crippen MR) is 128 cm³/mol. The van der Waals surface area contributed by atoms with E-state index in [1.165, 1.54) is 17.0 Å². The highest BCUT2D eigenvalue weighted by atomic mass is 35.5. The Kier molecular flexibility index (Phi) is 9.36. The molecule has 0 radical (unpaired) electrons. The second-order valence-electron chi connectivity index (χ2n) is 7.36. The fraction of sp³-hybridized carbons (Fsp3) is 0.364. The number of nitrogens with one attached hydrogen (secondary N) is 1. The quantitative estimate of drug-likeness (QED) is 0.539. The molecule has 0 heterocycles. The predicted octanol–water partition coefficient (Wildman–Crippen LogP) is 3.70. The Morgan fingerprint density at radius 3 is 2.03 bits per heavy atom. The number of carbonyl (C=O) groups is 2. The van der Waals surface area contributed by atoms with Crippen LogP contribution in [0.2, 0.25) is 10.0 Å². The second-order valence-corrected chi connectivity index (χ2v) is 10.1. The number of sulfonamides is 1. The molecule has 2 aromatic carbocycles. The van der Waals surface area contributed by atoms with Crippen LogP contribution in [0.4, 0.5) is 5.69 Å². The molecule has 0 aromatic heterocycles. The van der Waals surface area contributed by atoms with Crippen LogP contribution in [0.15, 0.2) is 48.5 Å². The van der Waals surface area contributed by atoms with Gasteiger partial charge in [-0.25, -0.2) is 8.42 Å². The lowest BCUT2D eigenvalue weighted by Crippen LogP contribution is -2.51. The zero-order valence-corrected chi connectivity index (χ0v) is 20.5. The molecule has 174 valence electrons. The molecule has 0 bridgehead atoms. The van der Waals surface area contributed by atoms with Gasteiger partial charge in [0.05, 0.1) is 11.9 Å². The van der Waals surface area contributed by atoms with Gasteiger partial charge in [-0.3, -0.25) is 13.9 Å². The summed E-state index contributed by atoms with van der Waals surface area (Å²) in [5.74, 6) is -0.828. The largest absolute Gasteiger partial charge is 0.354 e. The molecule has 0 fully saturated rings. The summed E-state index contributed by atoms with van der Waals surface area (Å²) in [6.07, 6.45) is 1.78. The van der Waals surface area contributed by atoms with Crippen LogP contribution in [0, 0.1) is 0 Å². The van der Waals surface area contributed by atoms with Gasteiger partial charge in [-0.1, -0.05) is 42.3 Å². The molecule has 2 rings (SSSR count). The molecule has 0 spiro atoms. The van der Waals surface area contributed by atoms with Crippen molar-refractivity contribution in [2.75, 3.05) is 23.7 Å². The van der Waals surface area contributed by atoms with E-state index in [1.54, 1.807) is 43.3 Å². The zero-order chi connectivity index (χ0) is 23.9. The Labute approximate surface area is 199 Å². The Bertz CT molecular complexity index is 1030. The van der Waals surface area contributed by atoms with E-state index in [4.69, 9.17) is 23.2 Å². The van der Waals surface area contributed by atoms with Crippen molar-refractivity contribution in [3.63, 3.8) is 0 Å². The van der Waals surface area contributed by atoms with Crippen LogP contribution in [0.1, 0.15) is 25.8 Å². The van der Waals surface area contributed by atoms with Crippen LogP contribution in [0.25, 0.3) is 0 Å². The third-order valence-corrected chi connectivity index (χ3v) is 6.42. The minimum Gasteiger partial charge on any atom is -0.354 e. The molecule has 0 saturated heterocycles. The number of nitrogens with zero attached hydrogens (tertiary/aromatic N) is 2. The fourth-order valence-electron chi connectivity index (χ4n) is 2.99. The van der Waals surface area contributed by atoms with Gasteiger partial charge in [-0.15, -0.1) is 0 Å². The molecule has 1 atom stereocenters. The summed E-state index contributed by atoms with van der Waals surface area (Å²) in [6.45, 7) is 3.68. The van der Waals surface area contributed by atoms with Crippen molar-refractivity contribution in [2.45, 2.75) is 32.9 Å². The number of amides is 2. The van der Waals surface area contributed by atoms with Crippen molar-refractivity contribution in [2.24, 2.45) is 0 Å². The normalized spacial score (nSPS) is 12.2. The first-order valence-electron chi connectivity index (χ1n) is 10.1. The van der Waals surface area contributed by atoms with Crippen LogP contribution < -0.4 is 9.62 Å². The summed E-state index contributed by atoms with van der Waals surface area (Å²) in [4.78, 5) is 27.3. The Balaban J connectivity index is 2.34. The number of anilines is 1. The molecule has 1 N–H and O–H groups in total. The molecule has 7 nitrogen and oxygen atoms in total. The topological polar surface area (TPSA) is 86.8 Å². The van der Waals surface area contributed by atoms with Crippen LogP contribution in [0.5, 0.6) is 0 Å². The van der Waals surface area contributed by atoms with Gasteiger partial charge < -0.3 is 10.2 Å². The molecule has 2 aromatic rings. The summed E-state index contributed by atoms with van der Waals surface area (Å²) in [7, 11) is -3.77. The van der Waals surface area contributed by atoms with Crippen molar-refractivity contribution in [3.05, 3.63) is 64.1 Å². The van der Waals surface area contributed by atoms with E-state index in [1.807, 2.05) is 6.92 Å². The van der Waals surface area contributed by atoms with E-state index < -0.39 is 28.5 Å². The van der Waals surface area contributed by atoms with Gasteiger partial charge in [-0.2, -0.15) is 0 Å². The number of hydrogen-bond donors (Lipinski definition) is 1. The van der Waals surface area contributed by atoms with Crippen LogP contribution in [-0.4, -0.2) is 50.5 Å². The van der Waals surface area contributed by atoms with Crippen molar-refractivity contribution >= 4 is 50.7 Å². The average molecular weight is 500 g/mol. The van der Waals surface area contributed by atoms with Crippen molar-refractivity contribution in [1.82, 2.24) is 10.2 Å². The Morgan fingerprint density at radius 2 is 1.53 bits per heavy atom. The molecule has 2 amide bonds. The fourth-order valence-corrected chi connectivity index (χ4v) is 4.09. The molecule has 32 heavy (non-hydrogen) atoms. The maximum absolute atomic E-state index is 13.3. The van der Waals surface area contributed by atoms with Gasteiger partial charge in [0.1, 0.15) is 12.6 Å². The number of rotatable bonds is 10. The first-order chi connectivity index (χ1) is 15.0. The van der Waals surface area contributed by atoms with Crippen molar-refractivity contribution in [3.8, 4) is 0 Å². The highest BCUT2D eigenvalue weighted by Gasteiger charge is 2.29. The highest BCUT2D eigenvalue weighted by molar-refractivity contribution is 7.92. The third kappa shape index (κ3) is 7.39. The van der Waals surface area contributed by atoms with E-state index in [-0.39, 0.29) is 12.5 Å². The molecule has 0 aliphatic rings. The molecule has 0 aliphatic heterocycles. The second kappa shape index (κ2) is 11.5. The number of benzene rings is 2. The van der Waals surface area contributed by atoms with Crippen LogP contribution in [0.3, 0.4) is 0 Å². The number of halogens is 2. The SMILES string of the molecule is CCCNC(=O)[C@@H](C)N(Cc1ccc(Cl)cc1)C(=O)CN(c1ccc(Cl)cc1)S(C)(=O)=O. The summed E-state index contributed by atoms with van der Waals surface area (Å²) >= 11 is 11.9. The highest BCUT2D eigenvalue weighted by Crippen LogP contribution is 2.21. The molecular weight excluding hydrogens is 473 g/mol. The van der Waals surface area contributed by atoms with Gasteiger partial charge >= 0.3 is 0 Å². The third-order valence-electron chi connectivity index (χ3n) is 4.78. The summed E-state index contributed by atoms with van der Waals surface area (Å²) < 4.78 is 25.9. The lowest BCUT2D eigenvalue weighted by Gasteiger charge is -2.31. The first kappa shape index (κ1) is 26.0. The zero-order valence-electron chi connectivity index (χ0n) is 18.2.